The summed E-state index contributed by atoms with van der Waals surface area (Å²) in [5.41, 5.74) is 3.41. The monoisotopic (exact) mass is 306 g/mol. The Balaban J connectivity index is 1.48. The van der Waals surface area contributed by atoms with Crippen molar-refractivity contribution in [3.8, 4) is 11.3 Å². The van der Waals surface area contributed by atoms with E-state index in [0.717, 1.165) is 11.3 Å². The molecule has 0 saturated heterocycles. The fourth-order valence-corrected chi connectivity index (χ4v) is 2.84. The fraction of sp³-hybridized carbons (Fsp3) is 0.125. The van der Waals surface area contributed by atoms with Crippen LogP contribution in [-0.2, 0) is 0 Å². The molecule has 2 amide bonds. The highest BCUT2D eigenvalue weighted by Crippen LogP contribution is 2.38. The molecule has 7 heteroatoms. The van der Waals surface area contributed by atoms with Crippen molar-refractivity contribution in [2.45, 2.75) is 6.04 Å². The molecule has 1 unspecified atom stereocenters. The number of benzene rings is 1. The molecule has 0 radical (unpaired) electrons. The number of amides is 2. The number of imidazole rings is 1. The molecule has 1 aromatic carbocycles. The van der Waals surface area contributed by atoms with Gasteiger partial charge in [0.25, 0.3) is 0 Å². The zero-order chi connectivity index (χ0) is 15.6. The van der Waals surface area contributed by atoms with Gasteiger partial charge in [-0.3, -0.25) is 5.32 Å². The first kappa shape index (κ1) is 13.4. The SMILES string of the molecule is O=C(NCC1c2ccccc2-c2cncn21)Nc1ncccn1. The minimum atomic E-state index is -0.331. The van der Waals surface area contributed by atoms with Crippen LogP contribution in [0.3, 0.4) is 0 Å². The van der Waals surface area contributed by atoms with Crippen molar-refractivity contribution >= 4 is 12.0 Å². The number of hydrogen-bond acceptors (Lipinski definition) is 4. The second kappa shape index (κ2) is 5.53. The van der Waals surface area contributed by atoms with E-state index in [9.17, 15) is 4.79 Å². The Morgan fingerprint density at radius 2 is 2.00 bits per heavy atom. The third-order valence-corrected chi connectivity index (χ3v) is 3.84. The van der Waals surface area contributed by atoms with Gasteiger partial charge < -0.3 is 9.88 Å². The average molecular weight is 306 g/mol. The first-order chi connectivity index (χ1) is 11.3. The Hall–Kier alpha value is -3.22. The van der Waals surface area contributed by atoms with E-state index in [2.05, 4.69) is 42.3 Å². The second-order valence-corrected chi connectivity index (χ2v) is 5.20. The maximum Gasteiger partial charge on any atom is 0.321 e. The maximum absolute atomic E-state index is 12.0. The van der Waals surface area contributed by atoms with Crippen molar-refractivity contribution in [3.05, 3.63) is 60.8 Å². The molecule has 1 aliphatic rings. The number of aromatic nitrogens is 4. The number of fused-ring (bicyclic) bond motifs is 3. The summed E-state index contributed by atoms with van der Waals surface area (Å²) >= 11 is 0. The number of rotatable bonds is 3. The lowest BCUT2D eigenvalue weighted by molar-refractivity contribution is 0.251. The second-order valence-electron chi connectivity index (χ2n) is 5.20. The van der Waals surface area contributed by atoms with Crippen LogP contribution in [-0.4, -0.2) is 32.1 Å². The van der Waals surface area contributed by atoms with E-state index in [4.69, 9.17) is 0 Å². The van der Waals surface area contributed by atoms with E-state index in [1.807, 2.05) is 18.3 Å². The molecule has 23 heavy (non-hydrogen) atoms. The quantitative estimate of drug-likeness (QED) is 0.775. The van der Waals surface area contributed by atoms with Crippen molar-refractivity contribution in [3.63, 3.8) is 0 Å². The zero-order valence-corrected chi connectivity index (χ0v) is 12.2. The molecular weight excluding hydrogens is 292 g/mol. The minimum Gasteiger partial charge on any atom is -0.335 e. The van der Waals surface area contributed by atoms with E-state index in [1.54, 1.807) is 24.8 Å². The fourth-order valence-electron chi connectivity index (χ4n) is 2.84. The van der Waals surface area contributed by atoms with Crippen molar-refractivity contribution in [1.29, 1.82) is 0 Å². The van der Waals surface area contributed by atoms with Crippen LogP contribution < -0.4 is 10.6 Å². The van der Waals surface area contributed by atoms with Gasteiger partial charge >= 0.3 is 6.03 Å². The van der Waals surface area contributed by atoms with Gasteiger partial charge in [-0.1, -0.05) is 24.3 Å². The van der Waals surface area contributed by atoms with Gasteiger partial charge in [-0.2, -0.15) is 0 Å². The molecule has 0 saturated carbocycles. The number of carbonyl (C=O) groups excluding carboxylic acids is 1. The van der Waals surface area contributed by atoms with Gasteiger partial charge in [0, 0.05) is 24.5 Å². The molecule has 4 rings (SSSR count). The normalized spacial score (nSPS) is 14.9. The van der Waals surface area contributed by atoms with E-state index < -0.39 is 0 Å². The summed E-state index contributed by atoms with van der Waals surface area (Å²) in [5, 5.41) is 5.48. The van der Waals surface area contributed by atoms with Gasteiger partial charge in [-0.15, -0.1) is 0 Å². The average Bonchev–Trinajstić information content (AvgIpc) is 3.15. The van der Waals surface area contributed by atoms with Crippen LogP contribution in [0.2, 0.25) is 0 Å². The lowest BCUT2D eigenvalue weighted by Gasteiger charge is -2.15. The van der Waals surface area contributed by atoms with Crippen LogP contribution in [0.5, 0.6) is 0 Å². The maximum atomic E-state index is 12.0. The summed E-state index contributed by atoms with van der Waals surface area (Å²) in [6.07, 6.45) is 6.79. The summed E-state index contributed by atoms with van der Waals surface area (Å²) in [5.74, 6) is 0.278. The predicted octanol–water partition coefficient (Wildman–Crippen LogP) is 2.06. The third-order valence-electron chi connectivity index (χ3n) is 3.84. The van der Waals surface area contributed by atoms with Gasteiger partial charge in [0.2, 0.25) is 5.95 Å². The van der Waals surface area contributed by atoms with Crippen molar-refractivity contribution in [1.82, 2.24) is 24.8 Å². The molecule has 0 fully saturated rings. The van der Waals surface area contributed by atoms with E-state index in [0.29, 0.717) is 6.54 Å². The highest BCUT2D eigenvalue weighted by atomic mass is 16.2. The molecule has 1 aliphatic heterocycles. The summed E-state index contributed by atoms with van der Waals surface area (Å²) in [6, 6.07) is 9.55. The van der Waals surface area contributed by atoms with Gasteiger partial charge in [-0.05, 0) is 11.6 Å². The highest BCUT2D eigenvalue weighted by molar-refractivity contribution is 5.87. The van der Waals surface area contributed by atoms with E-state index in [-0.39, 0.29) is 18.0 Å². The first-order valence-electron chi connectivity index (χ1n) is 7.26. The number of anilines is 1. The Morgan fingerprint density at radius 3 is 2.87 bits per heavy atom. The lowest BCUT2D eigenvalue weighted by atomic mass is 10.0. The Kier molecular flexibility index (Phi) is 3.23. The molecule has 114 valence electrons. The van der Waals surface area contributed by atoms with Crippen LogP contribution in [0.1, 0.15) is 11.6 Å². The van der Waals surface area contributed by atoms with Crippen molar-refractivity contribution in [2.24, 2.45) is 0 Å². The molecule has 1 atom stereocenters. The molecule has 3 heterocycles. The first-order valence-corrected chi connectivity index (χ1v) is 7.26. The largest absolute Gasteiger partial charge is 0.335 e. The van der Waals surface area contributed by atoms with Crippen molar-refractivity contribution in [2.75, 3.05) is 11.9 Å². The Labute approximate surface area is 132 Å². The number of hydrogen-bond donors (Lipinski definition) is 2. The molecule has 0 spiro atoms. The van der Waals surface area contributed by atoms with Crippen LogP contribution >= 0.6 is 0 Å². The van der Waals surface area contributed by atoms with Gasteiger partial charge in [0.15, 0.2) is 0 Å². The molecule has 0 bridgehead atoms. The Bertz CT molecular complexity index is 845. The van der Waals surface area contributed by atoms with E-state index >= 15 is 0 Å². The number of urea groups is 1. The van der Waals surface area contributed by atoms with Gasteiger partial charge in [0.05, 0.1) is 24.3 Å². The van der Waals surface area contributed by atoms with Gasteiger partial charge in [-0.25, -0.2) is 19.7 Å². The van der Waals surface area contributed by atoms with Crippen LogP contribution in [0, 0.1) is 0 Å². The zero-order valence-electron chi connectivity index (χ0n) is 12.2. The number of nitrogens with zero attached hydrogens (tertiary/aromatic N) is 4. The summed E-state index contributed by atoms with van der Waals surface area (Å²) < 4.78 is 2.07. The van der Waals surface area contributed by atoms with Crippen LogP contribution in [0.25, 0.3) is 11.3 Å². The molecule has 7 nitrogen and oxygen atoms in total. The van der Waals surface area contributed by atoms with Crippen molar-refractivity contribution < 1.29 is 4.79 Å². The van der Waals surface area contributed by atoms with Crippen LogP contribution in [0.15, 0.2) is 55.2 Å². The smallest absolute Gasteiger partial charge is 0.321 e. The third kappa shape index (κ3) is 2.42. The topological polar surface area (TPSA) is 84.7 Å². The Morgan fingerprint density at radius 1 is 1.17 bits per heavy atom. The predicted molar refractivity (Wildman–Crippen MR) is 84.9 cm³/mol. The molecule has 3 aromatic rings. The lowest BCUT2D eigenvalue weighted by Crippen LogP contribution is -2.34. The molecule has 2 N–H and O–H groups in total. The molecule has 2 aromatic heterocycles. The van der Waals surface area contributed by atoms with E-state index in [1.165, 1.54) is 5.56 Å². The standard InChI is InChI=1S/C16H14N6O/c23-16(21-15-18-6-3-7-19-15)20-9-14-12-5-2-1-4-11(12)13-8-17-10-22(13)14/h1-8,10,14H,9H2,(H2,18,19,20,21,23). The number of carbonyl (C=O) groups is 1. The highest BCUT2D eigenvalue weighted by Gasteiger charge is 2.28. The molecule has 0 aliphatic carbocycles. The number of nitrogens with one attached hydrogen (secondary N) is 2. The van der Waals surface area contributed by atoms with Crippen LogP contribution in [0.4, 0.5) is 10.7 Å². The summed E-state index contributed by atoms with van der Waals surface area (Å²) in [7, 11) is 0. The minimum absolute atomic E-state index is 0.0335. The molecular formula is C16H14N6O. The van der Waals surface area contributed by atoms with Gasteiger partial charge in [0.1, 0.15) is 0 Å². The summed E-state index contributed by atoms with van der Waals surface area (Å²) in [4.78, 5) is 24.1. The summed E-state index contributed by atoms with van der Waals surface area (Å²) in [6.45, 7) is 0.457.